The quantitative estimate of drug-likeness (QED) is 0.861. The van der Waals surface area contributed by atoms with Crippen LogP contribution in [0.2, 0.25) is 0 Å². The highest BCUT2D eigenvalue weighted by Gasteiger charge is 2.30. The number of amides is 1. The van der Waals surface area contributed by atoms with E-state index in [2.05, 4.69) is 5.32 Å². The smallest absolute Gasteiger partial charge is 0.416 e. The first-order chi connectivity index (χ1) is 11.2. The number of ether oxygens (including phenoxy) is 1. The molecular formula is C16H14F3NO4. The molecule has 0 saturated carbocycles. The highest BCUT2D eigenvalue weighted by molar-refractivity contribution is 5.95. The number of hydrogen-bond donors (Lipinski definition) is 1. The van der Waals surface area contributed by atoms with Gasteiger partial charge >= 0.3 is 12.1 Å². The first kappa shape index (κ1) is 17.6. The molecular weight excluding hydrogens is 327 g/mol. The molecule has 0 aliphatic carbocycles. The molecule has 1 aromatic heterocycles. The lowest BCUT2D eigenvalue weighted by atomic mass is 10.2. The van der Waals surface area contributed by atoms with Crippen LogP contribution in [-0.4, -0.2) is 18.5 Å². The summed E-state index contributed by atoms with van der Waals surface area (Å²) in [6.45, 7) is 2.69. The third-order valence-corrected chi connectivity index (χ3v) is 3.09. The molecule has 1 heterocycles. The Morgan fingerprint density at radius 3 is 2.29 bits per heavy atom. The Balaban J connectivity index is 1.89. The summed E-state index contributed by atoms with van der Waals surface area (Å²) in [4.78, 5) is 23.5. The van der Waals surface area contributed by atoms with Gasteiger partial charge in [0, 0.05) is 5.69 Å². The van der Waals surface area contributed by atoms with Gasteiger partial charge in [0.05, 0.1) is 5.56 Å². The van der Waals surface area contributed by atoms with Crippen LogP contribution >= 0.6 is 0 Å². The topological polar surface area (TPSA) is 68.5 Å². The van der Waals surface area contributed by atoms with E-state index in [1.165, 1.54) is 6.07 Å². The van der Waals surface area contributed by atoms with Crippen molar-refractivity contribution >= 4 is 17.6 Å². The Bertz CT molecular complexity index is 748. The van der Waals surface area contributed by atoms with Crippen LogP contribution in [0.4, 0.5) is 18.9 Å². The van der Waals surface area contributed by atoms with Gasteiger partial charge in [-0.25, -0.2) is 4.79 Å². The van der Waals surface area contributed by atoms with Gasteiger partial charge in [0.25, 0.3) is 5.91 Å². The van der Waals surface area contributed by atoms with E-state index in [1.807, 2.05) is 0 Å². The number of benzene rings is 1. The number of nitrogens with one attached hydrogen (secondary N) is 1. The minimum absolute atomic E-state index is 0.166. The Morgan fingerprint density at radius 2 is 1.79 bits per heavy atom. The number of anilines is 1. The van der Waals surface area contributed by atoms with Crippen LogP contribution < -0.4 is 5.32 Å². The molecule has 1 amide bonds. The van der Waals surface area contributed by atoms with Crippen LogP contribution in [0.5, 0.6) is 0 Å². The lowest BCUT2D eigenvalue weighted by molar-refractivity contribution is -0.137. The standard InChI is InChI=1S/C16H14F3NO4/c1-9-7-13(10(2)24-9)15(22)23-8-14(21)20-12-5-3-11(4-6-12)16(17,18)19/h3-7H,8H2,1-2H3,(H,20,21). The molecule has 0 bridgehead atoms. The largest absolute Gasteiger partial charge is 0.466 e. The summed E-state index contributed by atoms with van der Waals surface area (Å²) < 4.78 is 47.3. The fourth-order valence-electron chi connectivity index (χ4n) is 1.98. The predicted octanol–water partition coefficient (Wildman–Crippen LogP) is 3.71. The fourth-order valence-corrected chi connectivity index (χ4v) is 1.98. The van der Waals surface area contributed by atoms with Gasteiger partial charge in [-0.05, 0) is 44.2 Å². The van der Waals surface area contributed by atoms with E-state index >= 15 is 0 Å². The number of furan rings is 1. The Kier molecular flexibility index (Phi) is 4.96. The minimum Gasteiger partial charge on any atom is -0.466 e. The summed E-state index contributed by atoms with van der Waals surface area (Å²) in [5.74, 6) is -0.470. The summed E-state index contributed by atoms with van der Waals surface area (Å²) in [6.07, 6.45) is -4.45. The van der Waals surface area contributed by atoms with E-state index < -0.39 is 30.2 Å². The summed E-state index contributed by atoms with van der Waals surface area (Å²) in [5.41, 5.74) is -0.438. The molecule has 0 aliphatic heterocycles. The van der Waals surface area contributed by atoms with Gasteiger partial charge in [-0.1, -0.05) is 0 Å². The van der Waals surface area contributed by atoms with Gasteiger partial charge in [0.2, 0.25) is 0 Å². The van der Waals surface area contributed by atoms with Gasteiger partial charge in [-0.15, -0.1) is 0 Å². The van der Waals surface area contributed by atoms with Crippen molar-refractivity contribution in [2.75, 3.05) is 11.9 Å². The summed E-state index contributed by atoms with van der Waals surface area (Å²) in [5, 5.41) is 2.34. The fraction of sp³-hybridized carbons (Fsp3) is 0.250. The SMILES string of the molecule is Cc1cc(C(=O)OCC(=O)Nc2ccc(C(F)(F)F)cc2)c(C)o1. The molecule has 128 valence electrons. The van der Waals surface area contributed by atoms with E-state index in [0.717, 1.165) is 24.3 Å². The van der Waals surface area contributed by atoms with E-state index in [-0.39, 0.29) is 11.3 Å². The minimum atomic E-state index is -4.45. The third kappa shape index (κ3) is 4.37. The monoisotopic (exact) mass is 341 g/mol. The number of rotatable bonds is 4. The van der Waals surface area contributed by atoms with E-state index in [4.69, 9.17) is 9.15 Å². The summed E-state index contributed by atoms with van der Waals surface area (Å²) in [7, 11) is 0. The van der Waals surface area contributed by atoms with E-state index in [0.29, 0.717) is 11.5 Å². The van der Waals surface area contributed by atoms with Gasteiger partial charge < -0.3 is 14.5 Å². The van der Waals surface area contributed by atoms with Crippen molar-refractivity contribution in [1.82, 2.24) is 0 Å². The average molecular weight is 341 g/mol. The molecule has 0 saturated heterocycles. The summed E-state index contributed by atoms with van der Waals surface area (Å²) in [6, 6.07) is 5.42. The molecule has 0 fully saturated rings. The first-order valence-corrected chi connectivity index (χ1v) is 6.88. The van der Waals surface area contributed by atoms with Crippen molar-refractivity contribution in [2.45, 2.75) is 20.0 Å². The van der Waals surface area contributed by atoms with Crippen LogP contribution in [0.25, 0.3) is 0 Å². The first-order valence-electron chi connectivity index (χ1n) is 6.88. The van der Waals surface area contributed by atoms with Gasteiger partial charge in [-0.2, -0.15) is 13.2 Å². The highest BCUT2D eigenvalue weighted by Crippen LogP contribution is 2.29. The molecule has 8 heteroatoms. The number of esters is 1. The second-order valence-electron chi connectivity index (χ2n) is 5.03. The number of aryl methyl sites for hydroxylation is 2. The molecule has 1 aromatic carbocycles. The predicted molar refractivity (Wildman–Crippen MR) is 78.5 cm³/mol. The molecule has 0 unspecified atom stereocenters. The number of halogens is 3. The van der Waals surface area contributed by atoms with Crippen molar-refractivity contribution < 1.29 is 31.9 Å². The lowest BCUT2D eigenvalue weighted by Crippen LogP contribution is -2.21. The maximum absolute atomic E-state index is 12.4. The number of carbonyl (C=O) groups is 2. The van der Waals surface area contributed by atoms with Crippen LogP contribution in [0.3, 0.4) is 0 Å². The molecule has 0 radical (unpaired) electrons. The Labute approximate surface area is 135 Å². The molecule has 1 N–H and O–H groups in total. The zero-order chi connectivity index (χ0) is 17.9. The average Bonchev–Trinajstić information content (AvgIpc) is 2.83. The maximum Gasteiger partial charge on any atom is 0.416 e. The number of hydrogen-bond acceptors (Lipinski definition) is 4. The molecule has 24 heavy (non-hydrogen) atoms. The van der Waals surface area contributed by atoms with E-state index in [1.54, 1.807) is 13.8 Å². The van der Waals surface area contributed by atoms with Gasteiger partial charge in [0.15, 0.2) is 6.61 Å². The van der Waals surface area contributed by atoms with Crippen molar-refractivity contribution in [3.8, 4) is 0 Å². The number of carbonyl (C=O) groups excluding carboxylic acids is 2. The molecule has 0 atom stereocenters. The van der Waals surface area contributed by atoms with Crippen molar-refractivity contribution in [2.24, 2.45) is 0 Å². The molecule has 0 aliphatic rings. The lowest BCUT2D eigenvalue weighted by Gasteiger charge is -2.09. The molecule has 2 aromatic rings. The molecule has 2 rings (SSSR count). The zero-order valence-corrected chi connectivity index (χ0v) is 12.9. The highest BCUT2D eigenvalue weighted by atomic mass is 19.4. The van der Waals surface area contributed by atoms with Crippen molar-refractivity contribution in [1.29, 1.82) is 0 Å². The second-order valence-corrected chi connectivity index (χ2v) is 5.03. The Hall–Kier alpha value is -2.77. The van der Waals surface area contributed by atoms with E-state index in [9.17, 15) is 22.8 Å². The third-order valence-electron chi connectivity index (χ3n) is 3.09. The van der Waals surface area contributed by atoms with Crippen LogP contribution in [0.1, 0.15) is 27.4 Å². The van der Waals surface area contributed by atoms with Gasteiger partial charge in [-0.3, -0.25) is 4.79 Å². The Morgan fingerprint density at radius 1 is 1.17 bits per heavy atom. The maximum atomic E-state index is 12.4. The van der Waals surface area contributed by atoms with Crippen molar-refractivity contribution in [3.05, 3.63) is 53.0 Å². The molecule has 0 spiro atoms. The normalized spacial score (nSPS) is 11.2. The van der Waals surface area contributed by atoms with Crippen molar-refractivity contribution in [3.63, 3.8) is 0 Å². The van der Waals surface area contributed by atoms with Crippen LogP contribution in [-0.2, 0) is 15.7 Å². The van der Waals surface area contributed by atoms with Crippen LogP contribution in [0.15, 0.2) is 34.7 Å². The number of alkyl halides is 3. The van der Waals surface area contributed by atoms with Gasteiger partial charge in [0.1, 0.15) is 17.1 Å². The zero-order valence-electron chi connectivity index (χ0n) is 12.9. The van der Waals surface area contributed by atoms with Crippen LogP contribution in [0, 0.1) is 13.8 Å². The molecule has 5 nitrogen and oxygen atoms in total. The summed E-state index contributed by atoms with van der Waals surface area (Å²) >= 11 is 0. The second kappa shape index (κ2) is 6.77.